The first kappa shape index (κ1) is 23.9. The van der Waals surface area contributed by atoms with Gasteiger partial charge in [-0.15, -0.1) is 0 Å². The first-order valence-electron chi connectivity index (χ1n) is 11.5. The molecule has 3 aromatic carbocycles. The highest BCUT2D eigenvalue weighted by atomic mass is 16.5. The third-order valence-corrected chi connectivity index (χ3v) is 6.51. The highest BCUT2D eigenvalue weighted by Crippen LogP contribution is 2.34. The molecule has 0 aliphatic carbocycles. The average Bonchev–Trinajstić information content (AvgIpc) is 3.25. The zero-order chi connectivity index (χ0) is 26.3. The zero-order valence-corrected chi connectivity index (χ0v) is 21.2. The molecule has 5 aromatic rings. The van der Waals surface area contributed by atoms with Crippen LogP contribution < -0.4 is 24.7 Å². The molecule has 0 aliphatic rings. The minimum absolute atomic E-state index is 0.141. The number of carbonyl (C=O) groups excluding carboxylic acids is 1. The van der Waals surface area contributed by atoms with Gasteiger partial charge in [0.25, 0.3) is 11.5 Å². The van der Waals surface area contributed by atoms with Crippen LogP contribution in [0.15, 0.2) is 71.5 Å². The Labute approximate surface area is 213 Å². The fourth-order valence-electron chi connectivity index (χ4n) is 4.56. The van der Waals surface area contributed by atoms with Crippen LogP contribution in [0.1, 0.15) is 10.5 Å². The molecule has 37 heavy (non-hydrogen) atoms. The van der Waals surface area contributed by atoms with E-state index in [1.807, 2.05) is 31.3 Å². The Bertz CT molecular complexity index is 1700. The third kappa shape index (κ3) is 3.85. The van der Waals surface area contributed by atoms with Gasteiger partial charge in [-0.05, 0) is 42.5 Å². The van der Waals surface area contributed by atoms with Gasteiger partial charge in [0, 0.05) is 36.5 Å². The van der Waals surface area contributed by atoms with Crippen molar-refractivity contribution in [3.8, 4) is 22.9 Å². The largest absolute Gasteiger partial charge is 0.497 e. The standard InChI is InChI=1S/C28H26N4O5/c1-30-21-9-7-6-8-20(21)24-25(27(33)31(2)22-15-14-19(36-4)16-23(22)37-5)29-32(28(34)26(24)30)17-10-12-18(35-3)13-11-17/h6-16H,1-5H3. The third-order valence-electron chi connectivity index (χ3n) is 6.51. The number of hydrogen-bond acceptors (Lipinski definition) is 6. The van der Waals surface area contributed by atoms with Gasteiger partial charge in [-0.2, -0.15) is 9.78 Å². The second-order valence-electron chi connectivity index (χ2n) is 8.47. The molecule has 2 heterocycles. The predicted molar refractivity (Wildman–Crippen MR) is 143 cm³/mol. The number of anilines is 1. The fourth-order valence-corrected chi connectivity index (χ4v) is 4.56. The summed E-state index contributed by atoms with van der Waals surface area (Å²) in [5.74, 6) is 1.31. The van der Waals surface area contributed by atoms with Gasteiger partial charge in [-0.25, -0.2) is 0 Å². The Morgan fingerprint density at radius 2 is 1.57 bits per heavy atom. The van der Waals surface area contributed by atoms with Crippen LogP contribution in [0, 0.1) is 0 Å². The van der Waals surface area contributed by atoms with Crippen LogP contribution in [0.4, 0.5) is 5.69 Å². The Balaban J connectivity index is 1.78. The second-order valence-corrected chi connectivity index (χ2v) is 8.47. The highest BCUT2D eigenvalue weighted by molar-refractivity contribution is 6.20. The summed E-state index contributed by atoms with van der Waals surface area (Å²) in [5, 5.41) is 5.88. The maximum Gasteiger partial charge on any atom is 0.296 e. The number of carbonyl (C=O) groups is 1. The van der Waals surface area contributed by atoms with Crippen LogP contribution >= 0.6 is 0 Å². The minimum Gasteiger partial charge on any atom is -0.497 e. The molecular formula is C28H26N4O5. The molecular weight excluding hydrogens is 472 g/mol. The van der Waals surface area contributed by atoms with Gasteiger partial charge in [-0.3, -0.25) is 9.59 Å². The topological polar surface area (TPSA) is 87.8 Å². The quantitative estimate of drug-likeness (QED) is 0.349. The van der Waals surface area contributed by atoms with E-state index in [1.54, 1.807) is 68.3 Å². The summed E-state index contributed by atoms with van der Waals surface area (Å²) in [7, 11) is 8.12. The van der Waals surface area contributed by atoms with Crippen LogP contribution in [0.3, 0.4) is 0 Å². The lowest BCUT2D eigenvalue weighted by molar-refractivity contribution is 0.0988. The summed E-state index contributed by atoms with van der Waals surface area (Å²) >= 11 is 0. The number of aryl methyl sites for hydroxylation is 1. The summed E-state index contributed by atoms with van der Waals surface area (Å²) in [6, 6.07) is 19.7. The lowest BCUT2D eigenvalue weighted by Gasteiger charge is -2.21. The molecule has 0 radical (unpaired) electrons. The number of benzene rings is 3. The number of para-hydroxylation sites is 1. The first-order chi connectivity index (χ1) is 17.9. The maximum absolute atomic E-state index is 14.1. The normalized spacial score (nSPS) is 11.1. The summed E-state index contributed by atoms with van der Waals surface area (Å²) in [6.45, 7) is 0. The van der Waals surface area contributed by atoms with Crippen molar-refractivity contribution in [3.05, 3.63) is 82.8 Å². The van der Waals surface area contributed by atoms with E-state index in [2.05, 4.69) is 5.10 Å². The van der Waals surface area contributed by atoms with E-state index in [-0.39, 0.29) is 11.3 Å². The molecule has 0 N–H and O–H groups in total. The van der Waals surface area contributed by atoms with Gasteiger partial charge in [-0.1, -0.05) is 18.2 Å². The van der Waals surface area contributed by atoms with Crippen molar-refractivity contribution in [1.29, 1.82) is 0 Å². The van der Waals surface area contributed by atoms with E-state index in [9.17, 15) is 9.59 Å². The molecule has 0 atom stereocenters. The van der Waals surface area contributed by atoms with Gasteiger partial charge in [0.15, 0.2) is 5.69 Å². The van der Waals surface area contributed by atoms with Crippen molar-refractivity contribution in [3.63, 3.8) is 0 Å². The molecule has 0 unspecified atom stereocenters. The number of rotatable bonds is 6. The molecule has 0 bridgehead atoms. The van der Waals surface area contributed by atoms with Crippen molar-refractivity contribution in [2.45, 2.75) is 0 Å². The Kier molecular flexibility index (Phi) is 6.04. The van der Waals surface area contributed by atoms with Crippen molar-refractivity contribution >= 4 is 33.4 Å². The molecule has 0 fully saturated rings. The number of fused-ring (bicyclic) bond motifs is 3. The van der Waals surface area contributed by atoms with Crippen molar-refractivity contribution < 1.29 is 19.0 Å². The summed E-state index contributed by atoms with van der Waals surface area (Å²) in [6.07, 6.45) is 0. The molecule has 0 saturated carbocycles. The second kappa shape index (κ2) is 9.34. The van der Waals surface area contributed by atoms with Crippen molar-refractivity contribution in [2.24, 2.45) is 7.05 Å². The smallest absolute Gasteiger partial charge is 0.296 e. The lowest BCUT2D eigenvalue weighted by atomic mass is 10.1. The van der Waals surface area contributed by atoms with E-state index in [1.165, 1.54) is 16.7 Å². The van der Waals surface area contributed by atoms with E-state index in [0.717, 1.165) is 10.9 Å². The SMILES string of the molecule is COc1ccc(-n2nc(C(=O)N(C)c3ccc(OC)cc3OC)c3c4ccccc4n(C)c3c2=O)cc1. The zero-order valence-electron chi connectivity index (χ0n) is 21.2. The Morgan fingerprint density at radius 3 is 2.24 bits per heavy atom. The van der Waals surface area contributed by atoms with Crippen LogP contribution in [0.5, 0.6) is 17.2 Å². The molecule has 0 spiro atoms. The van der Waals surface area contributed by atoms with Gasteiger partial charge in [0.1, 0.15) is 22.8 Å². The molecule has 9 nitrogen and oxygen atoms in total. The van der Waals surface area contributed by atoms with Gasteiger partial charge in [0.05, 0.1) is 32.7 Å². The monoisotopic (exact) mass is 498 g/mol. The van der Waals surface area contributed by atoms with E-state index >= 15 is 0 Å². The van der Waals surface area contributed by atoms with Gasteiger partial charge < -0.3 is 23.7 Å². The van der Waals surface area contributed by atoms with Crippen molar-refractivity contribution in [2.75, 3.05) is 33.3 Å². The molecule has 188 valence electrons. The number of methoxy groups -OCH3 is 3. The molecule has 2 aromatic heterocycles. The number of amides is 1. The lowest BCUT2D eigenvalue weighted by Crippen LogP contribution is -2.32. The number of aromatic nitrogens is 3. The summed E-state index contributed by atoms with van der Waals surface area (Å²) < 4.78 is 19.1. The van der Waals surface area contributed by atoms with E-state index in [0.29, 0.717) is 39.5 Å². The molecule has 5 rings (SSSR count). The van der Waals surface area contributed by atoms with Gasteiger partial charge in [0.2, 0.25) is 0 Å². The maximum atomic E-state index is 14.1. The number of nitrogens with zero attached hydrogens (tertiary/aromatic N) is 4. The minimum atomic E-state index is -0.396. The summed E-state index contributed by atoms with van der Waals surface area (Å²) in [5.41, 5.74) is 2.05. The Hall–Kier alpha value is -4.79. The van der Waals surface area contributed by atoms with Crippen LogP contribution in [-0.2, 0) is 7.05 Å². The van der Waals surface area contributed by atoms with Crippen LogP contribution in [0.25, 0.3) is 27.5 Å². The average molecular weight is 499 g/mol. The summed E-state index contributed by atoms with van der Waals surface area (Å²) in [4.78, 5) is 29.3. The number of ether oxygens (including phenoxy) is 3. The first-order valence-corrected chi connectivity index (χ1v) is 11.5. The molecule has 0 aliphatic heterocycles. The van der Waals surface area contributed by atoms with Crippen molar-refractivity contribution in [1.82, 2.24) is 14.3 Å². The van der Waals surface area contributed by atoms with E-state index in [4.69, 9.17) is 14.2 Å². The number of hydrogen-bond donors (Lipinski definition) is 0. The molecule has 1 amide bonds. The van der Waals surface area contributed by atoms with Gasteiger partial charge >= 0.3 is 0 Å². The molecule has 9 heteroatoms. The van der Waals surface area contributed by atoms with E-state index < -0.39 is 5.91 Å². The predicted octanol–water partition coefficient (Wildman–Crippen LogP) is 4.18. The highest BCUT2D eigenvalue weighted by Gasteiger charge is 2.27. The Morgan fingerprint density at radius 1 is 0.892 bits per heavy atom. The fraction of sp³-hybridized carbons (Fsp3) is 0.179. The van der Waals surface area contributed by atoms with Crippen LogP contribution in [-0.4, -0.2) is 48.6 Å². The van der Waals surface area contributed by atoms with Crippen LogP contribution in [0.2, 0.25) is 0 Å². The molecule has 0 saturated heterocycles.